The Morgan fingerprint density at radius 3 is 2.23 bits per heavy atom. The van der Waals surface area contributed by atoms with Gasteiger partial charge in [-0.15, -0.1) is 0 Å². The molecule has 0 aromatic carbocycles. The van der Waals surface area contributed by atoms with Gasteiger partial charge >= 0.3 is 0 Å². The molecule has 1 heterocycles. The van der Waals surface area contributed by atoms with E-state index in [2.05, 4.69) is 9.68 Å². The molecule has 6 nitrogen and oxygen atoms in total. The molecule has 0 bridgehead atoms. The zero-order chi connectivity index (χ0) is 10.0. The van der Waals surface area contributed by atoms with Crippen LogP contribution >= 0.6 is 0 Å². The Balaban J connectivity index is 2.66. The molecule has 7 heteroatoms. The minimum absolute atomic E-state index is 0.606. The van der Waals surface area contributed by atoms with E-state index in [9.17, 15) is 4.53 Å². The predicted molar refractivity (Wildman–Crippen MR) is 36.0 cm³/mol. The van der Waals surface area contributed by atoms with Crippen LogP contribution in [0.15, 0.2) is 0 Å². The summed E-state index contributed by atoms with van der Waals surface area (Å²) in [5, 5.41) is 35.9. The molecule has 1 aliphatic rings. The van der Waals surface area contributed by atoms with Crippen molar-refractivity contribution < 1.29 is 34.6 Å². The van der Waals surface area contributed by atoms with Crippen molar-refractivity contribution in [2.45, 2.75) is 30.7 Å². The number of ether oxygens (including phenoxy) is 1. The maximum Gasteiger partial charge on any atom is 0.225 e. The molecule has 0 saturated carbocycles. The summed E-state index contributed by atoms with van der Waals surface area (Å²) >= 11 is 0. The quantitative estimate of drug-likeness (QED) is 0.398. The van der Waals surface area contributed by atoms with Gasteiger partial charge in [-0.3, -0.25) is 0 Å². The lowest BCUT2D eigenvalue weighted by Crippen LogP contribution is -2.58. The molecule has 0 aromatic heterocycles. The highest BCUT2D eigenvalue weighted by molar-refractivity contribution is 4.88. The van der Waals surface area contributed by atoms with Gasteiger partial charge in [-0.2, -0.15) is 4.94 Å². The van der Waals surface area contributed by atoms with Crippen LogP contribution in [0.3, 0.4) is 0 Å². The molecule has 1 fully saturated rings. The van der Waals surface area contributed by atoms with Crippen molar-refractivity contribution in [1.82, 2.24) is 0 Å². The Morgan fingerprint density at radius 1 is 1.15 bits per heavy atom. The number of aliphatic hydroxyl groups excluding tert-OH is 4. The van der Waals surface area contributed by atoms with Gasteiger partial charge in [-0.05, 0) is 4.53 Å². The van der Waals surface area contributed by atoms with E-state index in [1.807, 2.05) is 0 Å². The summed E-state index contributed by atoms with van der Waals surface area (Å²) in [4.78, 5) is 3.20. The van der Waals surface area contributed by atoms with E-state index in [1.165, 1.54) is 0 Å². The Labute approximate surface area is 73.0 Å². The molecule has 78 valence electrons. The summed E-state index contributed by atoms with van der Waals surface area (Å²) in [5.41, 5.74) is 0. The maximum absolute atomic E-state index is 11.7. The van der Waals surface area contributed by atoms with Crippen LogP contribution in [0.2, 0.25) is 0 Å². The third-order valence-corrected chi connectivity index (χ3v) is 1.94. The molecule has 0 radical (unpaired) electrons. The largest absolute Gasteiger partial charge is 0.394 e. The van der Waals surface area contributed by atoms with E-state index in [0.29, 0.717) is 0 Å². The second-order valence-electron chi connectivity index (χ2n) is 2.79. The van der Waals surface area contributed by atoms with Crippen LogP contribution in [-0.4, -0.2) is 57.7 Å². The van der Waals surface area contributed by atoms with Crippen LogP contribution in [-0.2, 0) is 9.68 Å². The van der Waals surface area contributed by atoms with Gasteiger partial charge in [0.1, 0.15) is 24.4 Å². The second kappa shape index (κ2) is 4.27. The van der Waals surface area contributed by atoms with Crippen molar-refractivity contribution in [3.05, 3.63) is 0 Å². The second-order valence-corrected chi connectivity index (χ2v) is 2.79. The van der Waals surface area contributed by atoms with Crippen molar-refractivity contribution in [3.63, 3.8) is 0 Å². The van der Waals surface area contributed by atoms with E-state index < -0.39 is 37.3 Å². The van der Waals surface area contributed by atoms with Crippen LogP contribution in [0.1, 0.15) is 0 Å². The molecule has 1 unspecified atom stereocenters. The van der Waals surface area contributed by atoms with Gasteiger partial charge < -0.3 is 25.2 Å². The van der Waals surface area contributed by atoms with Crippen molar-refractivity contribution in [2.75, 3.05) is 6.61 Å². The normalized spacial score (nSPS) is 46.4. The summed E-state index contributed by atoms with van der Waals surface area (Å²) in [7, 11) is 0. The van der Waals surface area contributed by atoms with Gasteiger partial charge in [0.05, 0.1) is 6.61 Å². The first-order valence-corrected chi connectivity index (χ1v) is 3.69. The topological polar surface area (TPSA) is 99.4 Å². The summed E-state index contributed by atoms with van der Waals surface area (Å²) in [6.45, 7) is -0.606. The zero-order valence-electron chi connectivity index (χ0n) is 6.58. The molecule has 0 spiro atoms. The predicted octanol–water partition coefficient (Wildman–Crippen LogP) is -2.31. The number of halogens is 1. The number of aliphatic hydroxyl groups is 4. The monoisotopic (exact) mass is 198 g/mol. The molecule has 0 amide bonds. The van der Waals surface area contributed by atoms with Crippen LogP contribution in [0.4, 0.5) is 4.53 Å². The Morgan fingerprint density at radius 2 is 1.77 bits per heavy atom. The Kier molecular flexibility index (Phi) is 3.54. The number of rotatable bonds is 2. The van der Waals surface area contributed by atoms with Gasteiger partial charge in [-0.1, -0.05) is 0 Å². The van der Waals surface area contributed by atoms with Gasteiger partial charge in [0, 0.05) is 0 Å². The van der Waals surface area contributed by atoms with Crippen molar-refractivity contribution >= 4 is 0 Å². The van der Waals surface area contributed by atoms with Crippen molar-refractivity contribution in [2.24, 2.45) is 0 Å². The standard InChI is InChI=1S/C6H11FO6/c7-13-6-5(11)4(10)3(9)2(1-8)12-6/h2-6,8-11H,1H2/t2-,3-,4+,5-,6?/m1/s1. The average Bonchev–Trinajstić information content (AvgIpc) is 2.15. The van der Waals surface area contributed by atoms with Crippen molar-refractivity contribution in [1.29, 1.82) is 0 Å². The SMILES string of the molecule is OC[C@H]1OC(OF)[C@H](O)[C@@H](O)[C@@H]1O. The van der Waals surface area contributed by atoms with E-state index >= 15 is 0 Å². The fraction of sp³-hybridized carbons (Fsp3) is 1.00. The van der Waals surface area contributed by atoms with Gasteiger partial charge in [-0.25, -0.2) is 0 Å². The first-order chi connectivity index (χ1) is 6.11. The van der Waals surface area contributed by atoms with E-state index in [0.717, 1.165) is 0 Å². The lowest BCUT2D eigenvalue weighted by molar-refractivity contribution is -0.361. The highest BCUT2D eigenvalue weighted by Gasteiger charge is 2.44. The maximum atomic E-state index is 11.7. The molecule has 0 aliphatic carbocycles. The fourth-order valence-corrected chi connectivity index (χ4v) is 1.14. The number of hydrogen-bond acceptors (Lipinski definition) is 6. The molecule has 1 rings (SSSR count). The van der Waals surface area contributed by atoms with Crippen molar-refractivity contribution in [3.8, 4) is 0 Å². The first kappa shape index (κ1) is 10.8. The fourth-order valence-electron chi connectivity index (χ4n) is 1.14. The minimum Gasteiger partial charge on any atom is -0.394 e. The van der Waals surface area contributed by atoms with Crippen LogP contribution < -0.4 is 0 Å². The smallest absolute Gasteiger partial charge is 0.225 e. The minimum atomic E-state index is -1.68. The summed E-state index contributed by atoms with van der Waals surface area (Å²) in [5.74, 6) is 0. The zero-order valence-corrected chi connectivity index (χ0v) is 6.58. The van der Waals surface area contributed by atoms with E-state index in [-0.39, 0.29) is 0 Å². The number of hydrogen-bond donors (Lipinski definition) is 4. The summed E-state index contributed by atoms with van der Waals surface area (Å²) in [6.07, 6.45) is -7.60. The molecule has 1 saturated heterocycles. The van der Waals surface area contributed by atoms with Gasteiger partial charge in [0.25, 0.3) is 0 Å². The molecule has 5 atom stereocenters. The molecule has 13 heavy (non-hydrogen) atoms. The van der Waals surface area contributed by atoms with Gasteiger partial charge in [0.15, 0.2) is 0 Å². The third-order valence-electron chi connectivity index (χ3n) is 1.94. The van der Waals surface area contributed by atoms with Crippen LogP contribution in [0.5, 0.6) is 0 Å². The van der Waals surface area contributed by atoms with Gasteiger partial charge in [0.2, 0.25) is 6.29 Å². The highest BCUT2D eigenvalue weighted by atomic mass is 19.3. The third kappa shape index (κ3) is 1.96. The van der Waals surface area contributed by atoms with Crippen LogP contribution in [0.25, 0.3) is 0 Å². The lowest BCUT2D eigenvalue weighted by atomic mass is 9.99. The molecular weight excluding hydrogens is 187 g/mol. The Hall–Kier alpha value is -0.310. The van der Waals surface area contributed by atoms with E-state index in [1.54, 1.807) is 0 Å². The molecule has 1 aliphatic heterocycles. The lowest BCUT2D eigenvalue weighted by Gasteiger charge is -2.37. The van der Waals surface area contributed by atoms with Crippen LogP contribution in [0, 0.1) is 0 Å². The van der Waals surface area contributed by atoms with E-state index in [4.69, 9.17) is 20.4 Å². The molecule has 4 N–H and O–H groups in total. The summed E-state index contributed by atoms with van der Waals surface area (Å²) in [6, 6.07) is 0. The summed E-state index contributed by atoms with van der Waals surface area (Å²) < 4.78 is 16.3. The molecular formula is C6H11FO6. The first-order valence-electron chi connectivity index (χ1n) is 3.69. The Bertz CT molecular complexity index is 147. The average molecular weight is 198 g/mol. The molecule has 0 aromatic rings. The highest BCUT2D eigenvalue weighted by Crippen LogP contribution is 2.21.